The zero-order chi connectivity index (χ0) is 32.8. The van der Waals surface area contributed by atoms with Crippen LogP contribution >= 0.6 is 11.3 Å². The van der Waals surface area contributed by atoms with Crippen LogP contribution in [0.25, 0.3) is 108 Å². The molecule has 0 aliphatic carbocycles. The zero-order valence-electron chi connectivity index (χ0n) is 27.0. The van der Waals surface area contributed by atoms with Gasteiger partial charge in [-0.2, -0.15) is 0 Å². The lowest BCUT2D eigenvalue weighted by atomic mass is 9.85. The molecule has 0 atom stereocenters. The van der Waals surface area contributed by atoms with Crippen molar-refractivity contribution in [1.82, 2.24) is 0 Å². The van der Waals surface area contributed by atoms with Gasteiger partial charge in [0.05, 0.1) is 0 Å². The van der Waals surface area contributed by atoms with Crippen LogP contribution in [0.2, 0.25) is 0 Å². The molecule has 0 aliphatic heterocycles. The van der Waals surface area contributed by atoms with Crippen LogP contribution in [-0.4, -0.2) is 0 Å². The van der Waals surface area contributed by atoms with Gasteiger partial charge in [-0.3, -0.25) is 0 Å². The van der Waals surface area contributed by atoms with Crippen molar-refractivity contribution in [3.05, 3.63) is 170 Å². The van der Waals surface area contributed by atoms with E-state index in [0.717, 1.165) is 21.9 Å². The van der Waals surface area contributed by atoms with Gasteiger partial charge in [-0.25, -0.2) is 0 Å². The molecule has 9 aromatic carbocycles. The Morgan fingerprint density at radius 3 is 1.70 bits per heavy atom. The van der Waals surface area contributed by atoms with E-state index in [4.69, 9.17) is 4.42 Å². The van der Waals surface area contributed by atoms with Gasteiger partial charge in [0.2, 0.25) is 0 Å². The quantitative estimate of drug-likeness (QED) is 0.173. The van der Waals surface area contributed by atoms with Crippen LogP contribution in [0.4, 0.5) is 0 Å². The van der Waals surface area contributed by atoms with Gasteiger partial charge in [-0.1, -0.05) is 133 Å². The van der Waals surface area contributed by atoms with Gasteiger partial charge < -0.3 is 4.42 Å². The molecule has 1 nitrogen and oxygen atoms in total. The van der Waals surface area contributed by atoms with E-state index < -0.39 is 0 Å². The Morgan fingerprint density at radius 1 is 0.340 bits per heavy atom. The first-order valence-electron chi connectivity index (χ1n) is 17.1. The molecule has 2 heteroatoms. The summed E-state index contributed by atoms with van der Waals surface area (Å²) in [6.07, 6.45) is 0. The Hall–Kier alpha value is -6.22. The molecule has 0 fully saturated rings. The lowest BCUT2D eigenvalue weighted by Crippen LogP contribution is -1.91. The van der Waals surface area contributed by atoms with Gasteiger partial charge in [0.25, 0.3) is 0 Å². The summed E-state index contributed by atoms with van der Waals surface area (Å²) in [6.45, 7) is 0. The molecule has 11 rings (SSSR count). The predicted octanol–water partition coefficient (Wildman–Crippen LogP) is 14.4. The van der Waals surface area contributed by atoms with Crippen molar-refractivity contribution in [2.24, 2.45) is 0 Å². The van der Waals surface area contributed by atoms with E-state index in [-0.39, 0.29) is 0 Å². The second-order valence-corrected chi connectivity index (χ2v) is 14.3. The first-order chi connectivity index (χ1) is 24.8. The highest BCUT2D eigenvalue weighted by molar-refractivity contribution is 7.26. The standard InChI is InChI=1S/C48H28OS/c1-2-11-29(12-3-1)44-34-15-4-6-17-36(34)45(37-18-7-5-16-35(37)44)33-14-10-13-31(27-33)32-22-25-41-40(28-32)38-24-21-30-23-26-43-47(46(30)48(38)49-41)39-19-8-9-20-42(39)50-43/h1-28H. The minimum Gasteiger partial charge on any atom is -0.455 e. The van der Waals surface area contributed by atoms with Gasteiger partial charge in [0.1, 0.15) is 11.2 Å². The van der Waals surface area contributed by atoms with Crippen LogP contribution in [-0.2, 0) is 0 Å². The van der Waals surface area contributed by atoms with Crippen LogP contribution in [0.1, 0.15) is 0 Å². The fraction of sp³-hybridized carbons (Fsp3) is 0. The Balaban J connectivity index is 1.12. The molecule has 50 heavy (non-hydrogen) atoms. The van der Waals surface area contributed by atoms with Crippen LogP contribution < -0.4 is 0 Å². The van der Waals surface area contributed by atoms with E-state index in [0.29, 0.717) is 0 Å². The number of hydrogen-bond donors (Lipinski definition) is 0. The van der Waals surface area contributed by atoms with Gasteiger partial charge in [0, 0.05) is 36.3 Å². The Bertz CT molecular complexity index is 3090. The molecule has 0 amide bonds. The van der Waals surface area contributed by atoms with Crippen molar-refractivity contribution in [3.63, 3.8) is 0 Å². The van der Waals surface area contributed by atoms with E-state index in [1.165, 1.54) is 85.9 Å². The molecule has 0 saturated carbocycles. The number of hydrogen-bond acceptors (Lipinski definition) is 2. The maximum Gasteiger partial charge on any atom is 0.143 e. The molecule has 2 heterocycles. The van der Waals surface area contributed by atoms with E-state index in [1.54, 1.807) is 0 Å². The Kier molecular flexibility index (Phi) is 5.89. The third-order valence-electron chi connectivity index (χ3n) is 10.4. The summed E-state index contributed by atoms with van der Waals surface area (Å²) < 4.78 is 9.32. The lowest BCUT2D eigenvalue weighted by molar-refractivity contribution is 0.673. The normalized spacial score (nSPS) is 12.0. The Morgan fingerprint density at radius 2 is 0.940 bits per heavy atom. The van der Waals surface area contributed by atoms with Gasteiger partial charge in [0.15, 0.2) is 0 Å². The number of thiophene rings is 1. The minimum absolute atomic E-state index is 0.914. The van der Waals surface area contributed by atoms with Crippen molar-refractivity contribution in [1.29, 1.82) is 0 Å². The van der Waals surface area contributed by atoms with Crippen LogP contribution in [0.5, 0.6) is 0 Å². The van der Waals surface area contributed by atoms with Crippen molar-refractivity contribution in [2.75, 3.05) is 0 Å². The minimum atomic E-state index is 0.914. The first kappa shape index (κ1) is 27.7. The molecule has 232 valence electrons. The third kappa shape index (κ3) is 4.00. The van der Waals surface area contributed by atoms with Crippen LogP contribution in [0.15, 0.2) is 174 Å². The molecule has 0 bridgehead atoms. The van der Waals surface area contributed by atoms with E-state index in [2.05, 4.69) is 170 Å². The fourth-order valence-electron chi connectivity index (χ4n) is 8.25. The van der Waals surface area contributed by atoms with E-state index >= 15 is 0 Å². The highest BCUT2D eigenvalue weighted by Gasteiger charge is 2.19. The first-order valence-corrected chi connectivity index (χ1v) is 17.9. The topological polar surface area (TPSA) is 13.1 Å². The summed E-state index contributed by atoms with van der Waals surface area (Å²) in [5.41, 5.74) is 9.25. The molecule has 0 N–H and O–H groups in total. The van der Waals surface area contributed by atoms with E-state index in [9.17, 15) is 0 Å². The summed E-state index contributed by atoms with van der Waals surface area (Å²) in [7, 11) is 0. The summed E-state index contributed by atoms with van der Waals surface area (Å²) in [5.74, 6) is 0. The van der Waals surface area contributed by atoms with E-state index in [1.807, 2.05) is 11.3 Å². The van der Waals surface area contributed by atoms with Gasteiger partial charge in [-0.15, -0.1) is 11.3 Å². The molecule has 0 unspecified atom stereocenters. The Labute approximate surface area is 292 Å². The molecular weight excluding hydrogens is 625 g/mol. The zero-order valence-corrected chi connectivity index (χ0v) is 27.8. The molecular formula is C48H28OS. The molecule has 11 aromatic rings. The van der Waals surface area contributed by atoms with Crippen molar-refractivity contribution < 1.29 is 4.42 Å². The fourth-order valence-corrected chi connectivity index (χ4v) is 9.36. The summed E-state index contributed by atoms with van der Waals surface area (Å²) in [4.78, 5) is 0. The number of furan rings is 1. The van der Waals surface area contributed by atoms with Gasteiger partial charge >= 0.3 is 0 Å². The summed E-state index contributed by atoms with van der Waals surface area (Å²) in [6, 6.07) is 61.9. The monoisotopic (exact) mass is 652 g/mol. The number of rotatable bonds is 3. The van der Waals surface area contributed by atoms with Crippen LogP contribution in [0.3, 0.4) is 0 Å². The van der Waals surface area contributed by atoms with Crippen molar-refractivity contribution in [3.8, 4) is 33.4 Å². The average molecular weight is 653 g/mol. The smallest absolute Gasteiger partial charge is 0.143 e. The lowest BCUT2D eigenvalue weighted by Gasteiger charge is -2.18. The summed E-state index contributed by atoms with van der Waals surface area (Å²) in [5, 5.41) is 12.3. The number of benzene rings is 9. The highest BCUT2D eigenvalue weighted by Crippen LogP contribution is 2.46. The largest absolute Gasteiger partial charge is 0.455 e. The third-order valence-corrected chi connectivity index (χ3v) is 11.6. The maximum atomic E-state index is 6.72. The van der Waals surface area contributed by atoms with Crippen molar-refractivity contribution >= 4 is 85.8 Å². The molecule has 0 saturated heterocycles. The molecule has 0 aliphatic rings. The van der Waals surface area contributed by atoms with Crippen molar-refractivity contribution in [2.45, 2.75) is 0 Å². The number of fused-ring (bicyclic) bond motifs is 11. The highest BCUT2D eigenvalue weighted by atomic mass is 32.1. The summed E-state index contributed by atoms with van der Waals surface area (Å²) >= 11 is 1.85. The second kappa shape index (κ2) is 10.6. The predicted molar refractivity (Wildman–Crippen MR) is 215 cm³/mol. The SMILES string of the molecule is c1ccc(-c2c3ccccc3c(-c3cccc(-c4ccc5oc6c(ccc7ccc8sc9ccccc9c8c76)c5c4)c3)c3ccccc23)cc1. The van der Waals surface area contributed by atoms with Crippen LogP contribution in [0, 0.1) is 0 Å². The molecule has 2 aromatic heterocycles. The average Bonchev–Trinajstić information content (AvgIpc) is 3.75. The molecule has 0 spiro atoms. The molecule has 0 radical (unpaired) electrons. The van der Waals surface area contributed by atoms with Gasteiger partial charge in [-0.05, 0) is 96.7 Å². The maximum absolute atomic E-state index is 6.72. The second-order valence-electron chi connectivity index (χ2n) is 13.2.